The number of aldehydes is 1. The van der Waals surface area contributed by atoms with Crippen molar-refractivity contribution in [2.24, 2.45) is 5.73 Å². The molecule has 76 valence electrons. The predicted molar refractivity (Wildman–Crippen MR) is 46.9 cm³/mol. The van der Waals surface area contributed by atoms with Gasteiger partial charge >= 0.3 is 0 Å². The van der Waals surface area contributed by atoms with E-state index in [1.807, 2.05) is 0 Å². The van der Waals surface area contributed by atoms with Crippen LogP contribution in [0.4, 0.5) is 14.5 Å². The average Bonchev–Trinajstić information content (AvgIpc) is 2.16. The third-order valence-corrected chi connectivity index (χ3v) is 1.82. The van der Waals surface area contributed by atoms with Crippen LogP contribution in [0.3, 0.4) is 0 Å². The zero-order chi connectivity index (χ0) is 10.7. The summed E-state index contributed by atoms with van der Waals surface area (Å²) in [5.41, 5.74) is 9.85. The van der Waals surface area contributed by atoms with Crippen molar-refractivity contribution in [2.75, 3.05) is 5.73 Å². The number of halogens is 2. The van der Waals surface area contributed by atoms with Crippen LogP contribution in [0.1, 0.15) is 28.0 Å². The van der Waals surface area contributed by atoms with Crippen molar-refractivity contribution in [3.8, 4) is 0 Å². The highest BCUT2D eigenvalue weighted by Crippen LogP contribution is 2.29. The summed E-state index contributed by atoms with van der Waals surface area (Å²) < 4.78 is 25.0. The third-order valence-electron chi connectivity index (χ3n) is 1.82. The van der Waals surface area contributed by atoms with Gasteiger partial charge in [-0.05, 0) is 5.56 Å². The third kappa shape index (κ3) is 1.69. The maximum absolute atomic E-state index is 12.5. The SMILES string of the molecule is NCc1cnc(C=O)c(N)c1C(F)F. The van der Waals surface area contributed by atoms with Gasteiger partial charge in [-0.3, -0.25) is 9.78 Å². The molecule has 0 aliphatic carbocycles. The molecular formula is C8H9F2N3O. The van der Waals surface area contributed by atoms with Gasteiger partial charge in [-0.2, -0.15) is 0 Å². The first-order valence-corrected chi connectivity index (χ1v) is 3.82. The minimum absolute atomic E-state index is 0.0873. The van der Waals surface area contributed by atoms with Crippen LogP contribution in [-0.2, 0) is 6.54 Å². The summed E-state index contributed by atoms with van der Waals surface area (Å²) in [6, 6.07) is 0. The van der Waals surface area contributed by atoms with Gasteiger partial charge in [0.15, 0.2) is 6.29 Å². The Hall–Kier alpha value is -1.56. The second-order valence-electron chi connectivity index (χ2n) is 2.62. The minimum Gasteiger partial charge on any atom is -0.396 e. The van der Waals surface area contributed by atoms with E-state index in [-0.39, 0.29) is 23.5 Å². The molecule has 1 heterocycles. The van der Waals surface area contributed by atoms with Gasteiger partial charge in [-0.25, -0.2) is 8.78 Å². The normalized spacial score (nSPS) is 10.6. The number of anilines is 1. The molecule has 0 bridgehead atoms. The quantitative estimate of drug-likeness (QED) is 0.711. The van der Waals surface area contributed by atoms with Gasteiger partial charge in [0.05, 0.1) is 5.69 Å². The van der Waals surface area contributed by atoms with E-state index in [4.69, 9.17) is 11.5 Å². The first kappa shape index (κ1) is 10.5. The summed E-state index contributed by atoms with van der Waals surface area (Å²) in [5.74, 6) is 0. The molecule has 14 heavy (non-hydrogen) atoms. The lowest BCUT2D eigenvalue weighted by Gasteiger charge is -2.10. The number of nitrogen functional groups attached to an aromatic ring is 1. The van der Waals surface area contributed by atoms with Gasteiger partial charge in [-0.1, -0.05) is 0 Å². The summed E-state index contributed by atoms with van der Waals surface area (Å²) in [6.07, 6.45) is -1.28. The van der Waals surface area contributed by atoms with Crippen molar-refractivity contribution in [1.29, 1.82) is 0 Å². The lowest BCUT2D eigenvalue weighted by atomic mass is 10.1. The van der Waals surface area contributed by atoms with E-state index >= 15 is 0 Å². The van der Waals surface area contributed by atoms with E-state index in [1.165, 1.54) is 0 Å². The predicted octanol–water partition coefficient (Wildman–Crippen LogP) is 0.873. The molecule has 0 aliphatic heterocycles. The summed E-state index contributed by atoms with van der Waals surface area (Å²) in [4.78, 5) is 14.0. The Morgan fingerprint density at radius 3 is 2.64 bits per heavy atom. The molecule has 0 saturated heterocycles. The van der Waals surface area contributed by atoms with E-state index in [0.29, 0.717) is 6.29 Å². The van der Waals surface area contributed by atoms with Crippen LogP contribution >= 0.6 is 0 Å². The highest BCUT2D eigenvalue weighted by atomic mass is 19.3. The highest BCUT2D eigenvalue weighted by Gasteiger charge is 2.18. The molecule has 0 aromatic carbocycles. The second kappa shape index (κ2) is 4.10. The molecule has 0 radical (unpaired) electrons. The molecule has 1 aromatic rings. The number of carbonyl (C=O) groups is 1. The summed E-state index contributed by atoms with van der Waals surface area (Å²) in [5, 5.41) is 0. The molecule has 1 aromatic heterocycles. The Bertz CT molecular complexity index is 355. The van der Waals surface area contributed by atoms with E-state index in [9.17, 15) is 13.6 Å². The fraction of sp³-hybridized carbons (Fsp3) is 0.250. The molecule has 6 heteroatoms. The van der Waals surface area contributed by atoms with E-state index in [2.05, 4.69) is 4.98 Å². The number of hydrogen-bond donors (Lipinski definition) is 2. The molecule has 0 spiro atoms. The van der Waals surface area contributed by atoms with Gasteiger partial charge in [0, 0.05) is 18.3 Å². The number of nitrogens with zero attached hydrogens (tertiary/aromatic N) is 1. The van der Waals surface area contributed by atoms with Crippen LogP contribution in [0.25, 0.3) is 0 Å². The minimum atomic E-state index is -2.75. The first-order valence-electron chi connectivity index (χ1n) is 3.82. The average molecular weight is 201 g/mol. The summed E-state index contributed by atoms with van der Waals surface area (Å²) in [7, 11) is 0. The zero-order valence-electron chi connectivity index (χ0n) is 7.21. The van der Waals surface area contributed by atoms with Gasteiger partial charge in [0.2, 0.25) is 0 Å². The van der Waals surface area contributed by atoms with Crippen LogP contribution in [0.15, 0.2) is 6.20 Å². The number of nitrogens with two attached hydrogens (primary N) is 2. The molecule has 0 unspecified atom stereocenters. The first-order chi connectivity index (χ1) is 6.61. The largest absolute Gasteiger partial charge is 0.396 e. The maximum Gasteiger partial charge on any atom is 0.266 e. The Morgan fingerprint density at radius 2 is 2.21 bits per heavy atom. The maximum atomic E-state index is 12.5. The van der Waals surface area contributed by atoms with E-state index < -0.39 is 12.0 Å². The number of hydrogen-bond acceptors (Lipinski definition) is 4. The van der Waals surface area contributed by atoms with Crippen LogP contribution in [0.5, 0.6) is 0 Å². The van der Waals surface area contributed by atoms with Crippen molar-refractivity contribution in [3.63, 3.8) is 0 Å². The molecule has 0 saturated carbocycles. The highest BCUT2D eigenvalue weighted by molar-refractivity contribution is 5.82. The number of rotatable bonds is 3. The van der Waals surface area contributed by atoms with Crippen LogP contribution in [0, 0.1) is 0 Å². The Labute approximate surface area is 78.9 Å². The van der Waals surface area contributed by atoms with Crippen molar-refractivity contribution < 1.29 is 13.6 Å². The molecule has 1 rings (SSSR count). The molecule has 0 amide bonds. The Kier molecular flexibility index (Phi) is 3.08. The lowest BCUT2D eigenvalue weighted by molar-refractivity contribution is 0.111. The van der Waals surface area contributed by atoms with Gasteiger partial charge in [0.1, 0.15) is 5.69 Å². The molecular weight excluding hydrogens is 192 g/mol. The summed E-state index contributed by atoms with van der Waals surface area (Å²) in [6.45, 7) is -0.0873. The van der Waals surface area contributed by atoms with Crippen molar-refractivity contribution in [3.05, 3.63) is 23.0 Å². The standard InChI is InChI=1S/C8H9F2N3O/c9-8(10)6-4(1-11)2-13-5(3-14)7(6)12/h2-3,8H,1,11-12H2. The van der Waals surface area contributed by atoms with Gasteiger partial charge in [0.25, 0.3) is 6.43 Å². The molecule has 4 N–H and O–H groups in total. The van der Waals surface area contributed by atoms with Crippen LogP contribution < -0.4 is 11.5 Å². The summed E-state index contributed by atoms with van der Waals surface area (Å²) >= 11 is 0. The monoisotopic (exact) mass is 201 g/mol. The van der Waals surface area contributed by atoms with Crippen LogP contribution in [-0.4, -0.2) is 11.3 Å². The molecule has 0 atom stereocenters. The van der Waals surface area contributed by atoms with Crippen molar-refractivity contribution in [1.82, 2.24) is 4.98 Å². The van der Waals surface area contributed by atoms with E-state index in [1.54, 1.807) is 0 Å². The van der Waals surface area contributed by atoms with Crippen LogP contribution in [0.2, 0.25) is 0 Å². The van der Waals surface area contributed by atoms with E-state index in [0.717, 1.165) is 6.20 Å². The Balaban J connectivity index is 3.38. The topological polar surface area (TPSA) is 82.0 Å². The number of alkyl halides is 2. The lowest BCUT2D eigenvalue weighted by Crippen LogP contribution is -2.09. The molecule has 4 nitrogen and oxygen atoms in total. The van der Waals surface area contributed by atoms with Crippen molar-refractivity contribution >= 4 is 12.0 Å². The fourth-order valence-corrected chi connectivity index (χ4v) is 1.11. The van der Waals surface area contributed by atoms with Gasteiger partial charge in [-0.15, -0.1) is 0 Å². The molecule has 0 aliphatic rings. The zero-order valence-corrected chi connectivity index (χ0v) is 7.21. The number of pyridine rings is 1. The second-order valence-corrected chi connectivity index (χ2v) is 2.62. The number of carbonyl (C=O) groups excluding carboxylic acids is 1. The van der Waals surface area contributed by atoms with Gasteiger partial charge < -0.3 is 11.5 Å². The molecule has 0 fully saturated rings. The smallest absolute Gasteiger partial charge is 0.266 e. The fourth-order valence-electron chi connectivity index (χ4n) is 1.11. The Morgan fingerprint density at radius 1 is 1.57 bits per heavy atom. The number of aromatic nitrogens is 1. The van der Waals surface area contributed by atoms with Crippen molar-refractivity contribution in [2.45, 2.75) is 13.0 Å².